The highest BCUT2D eigenvalue weighted by Gasteiger charge is 2.35. The van der Waals surface area contributed by atoms with Gasteiger partial charge in [-0.05, 0) is 48.6 Å². The number of aliphatic imine (C=N–C) groups is 1. The van der Waals surface area contributed by atoms with Crippen LogP contribution in [0.5, 0.6) is 0 Å². The molecule has 3 heterocycles. The van der Waals surface area contributed by atoms with E-state index in [9.17, 15) is 22.8 Å². The standard InChI is InChI=1S/C31H31ClF3N7O2/c1-19-5-3-8-26(21-7-4-6-20(13-21)14-23(11-12-36-2)38-30(19)44)41-18-37-25(16-29(41)43)24-15-22(32)9-10-27(24)42-17-28(39-40-42)31(33,34)35/h4,6-7,9-10,12-13,15-19,23,26H,3,5,8,11,14H2,1-2H3,(H,38,44)/b36-12-/t19-,23+,26+/m1/s1. The van der Waals surface area contributed by atoms with Crippen molar-refractivity contribution in [3.8, 4) is 16.9 Å². The summed E-state index contributed by atoms with van der Waals surface area (Å²) >= 11 is 6.24. The number of benzene rings is 2. The Morgan fingerprint density at radius 1 is 1.14 bits per heavy atom. The molecule has 1 aliphatic heterocycles. The van der Waals surface area contributed by atoms with Gasteiger partial charge in [-0.1, -0.05) is 54.4 Å². The Morgan fingerprint density at radius 3 is 2.68 bits per heavy atom. The minimum absolute atomic E-state index is 0.0111. The van der Waals surface area contributed by atoms with E-state index in [4.69, 9.17) is 11.6 Å². The molecule has 1 amide bonds. The molecule has 1 aliphatic rings. The average molecular weight is 626 g/mol. The second-order valence-electron chi connectivity index (χ2n) is 10.9. The maximum atomic E-state index is 13.7. The van der Waals surface area contributed by atoms with Crippen molar-refractivity contribution in [1.29, 1.82) is 0 Å². The van der Waals surface area contributed by atoms with E-state index in [0.29, 0.717) is 42.7 Å². The first-order chi connectivity index (χ1) is 21.0. The molecular weight excluding hydrogens is 595 g/mol. The summed E-state index contributed by atoms with van der Waals surface area (Å²) in [5.74, 6) is -0.217. The van der Waals surface area contributed by atoms with Gasteiger partial charge in [-0.3, -0.25) is 14.2 Å². The topological polar surface area (TPSA) is 107 Å². The molecule has 2 aromatic heterocycles. The molecule has 13 heteroatoms. The van der Waals surface area contributed by atoms with Crippen LogP contribution in [0.3, 0.4) is 0 Å². The maximum absolute atomic E-state index is 13.7. The molecule has 1 N–H and O–H groups in total. The van der Waals surface area contributed by atoms with Gasteiger partial charge in [0.15, 0.2) is 5.69 Å². The smallest absolute Gasteiger partial charge is 0.352 e. The van der Waals surface area contributed by atoms with Gasteiger partial charge >= 0.3 is 6.18 Å². The first-order valence-corrected chi connectivity index (χ1v) is 14.6. The van der Waals surface area contributed by atoms with E-state index < -0.39 is 11.9 Å². The van der Waals surface area contributed by atoms with Gasteiger partial charge in [0.05, 0.1) is 29.9 Å². The molecule has 3 atom stereocenters. The summed E-state index contributed by atoms with van der Waals surface area (Å²) in [5.41, 5.74) is 1.23. The van der Waals surface area contributed by atoms with Gasteiger partial charge in [0.25, 0.3) is 5.56 Å². The van der Waals surface area contributed by atoms with Crippen LogP contribution in [0.1, 0.15) is 55.5 Å². The average Bonchev–Trinajstić information content (AvgIpc) is 3.49. The van der Waals surface area contributed by atoms with Crippen molar-refractivity contribution in [2.75, 3.05) is 7.05 Å². The zero-order valence-corrected chi connectivity index (χ0v) is 24.9. The lowest BCUT2D eigenvalue weighted by Gasteiger charge is -2.25. The third-order valence-electron chi connectivity index (χ3n) is 7.74. The van der Waals surface area contributed by atoms with Crippen LogP contribution >= 0.6 is 11.6 Å². The Hall–Kier alpha value is -4.32. The molecule has 0 fully saturated rings. The van der Waals surface area contributed by atoms with Crippen LogP contribution in [-0.4, -0.2) is 49.8 Å². The molecule has 0 aliphatic carbocycles. The zero-order valence-electron chi connectivity index (χ0n) is 24.1. The van der Waals surface area contributed by atoms with Crippen molar-refractivity contribution in [1.82, 2.24) is 29.9 Å². The number of halogens is 4. The quantitative estimate of drug-likeness (QED) is 0.287. The van der Waals surface area contributed by atoms with Crippen LogP contribution in [0.2, 0.25) is 5.02 Å². The summed E-state index contributed by atoms with van der Waals surface area (Å²) in [4.78, 5) is 35.2. The summed E-state index contributed by atoms with van der Waals surface area (Å²) in [6.45, 7) is 1.90. The molecule has 0 radical (unpaired) electrons. The molecule has 0 unspecified atom stereocenters. The Balaban J connectivity index is 1.52. The number of hydrogen-bond donors (Lipinski definition) is 1. The molecule has 2 bridgehead atoms. The molecule has 0 spiro atoms. The summed E-state index contributed by atoms with van der Waals surface area (Å²) < 4.78 is 42.1. The van der Waals surface area contributed by atoms with E-state index in [-0.39, 0.29) is 40.8 Å². The van der Waals surface area contributed by atoms with Gasteiger partial charge in [0, 0.05) is 48.3 Å². The third-order valence-corrected chi connectivity index (χ3v) is 7.97. The van der Waals surface area contributed by atoms with Crippen molar-refractivity contribution >= 4 is 23.7 Å². The van der Waals surface area contributed by atoms with E-state index in [2.05, 4.69) is 31.7 Å². The molecule has 0 saturated heterocycles. The van der Waals surface area contributed by atoms with Gasteiger partial charge in [-0.15, -0.1) is 5.10 Å². The van der Waals surface area contributed by atoms with Crippen molar-refractivity contribution in [3.63, 3.8) is 0 Å². The lowest BCUT2D eigenvalue weighted by atomic mass is 9.92. The number of aromatic nitrogens is 5. The highest BCUT2D eigenvalue weighted by Crippen LogP contribution is 2.32. The maximum Gasteiger partial charge on any atom is 0.436 e. The number of rotatable bonds is 5. The minimum atomic E-state index is -4.67. The summed E-state index contributed by atoms with van der Waals surface area (Å²) in [6, 6.07) is 13.4. The van der Waals surface area contributed by atoms with E-state index in [1.54, 1.807) is 17.8 Å². The Labute approximate surface area is 256 Å². The van der Waals surface area contributed by atoms with Crippen molar-refractivity contribution in [3.05, 3.63) is 93.3 Å². The van der Waals surface area contributed by atoms with Crippen molar-refractivity contribution < 1.29 is 18.0 Å². The normalized spacial score (nSPS) is 19.8. The lowest BCUT2D eigenvalue weighted by molar-refractivity contribution is -0.141. The zero-order chi connectivity index (χ0) is 31.4. The first kappa shape index (κ1) is 31.1. The number of alkyl halides is 3. The SMILES string of the molecule is C/N=C\C[C@H]1Cc2cccc(c2)[C@@H](n2cnc(-c3cc(Cl)ccc3-n3cc(C(F)(F)F)nn3)cc2=O)CCC[C@@H](C)C(=O)N1. The van der Waals surface area contributed by atoms with E-state index in [0.717, 1.165) is 22.0 Å². The lowest BCUT2D eigenvalue weighted by Crippen LogP contribution is -2.40. The van der Waals surface area contributed by atoms with Gasteiger partial charge < -0.3 is 10.3 Å². The van der Waals surface area contributed by atoms with Crippen LogP contribution in [0, 0.1) is 5.92 Å². The number of amides is 1. The predicted molar refractivity (Wildman–Crippen MR) is 161 cm³/mol. The number of fused-ring (bicyclic) bond motifs is 2. The summed E-state index contributed by atoms with van der Waals surface area (Å²) in [7, 11) is 1.70. The Bertz CT molecular complexity index is 1730. The fourth-order valence-electron chi connectivity index (χ4n) is 5.41. The molecule has 2 aromatic carbocycles. The number of carbonyl (C=O) groups is 1. The first-order valence-electron chi connectivity index (χ1n) is 14.2. The summed E-state index contributed by atoms with van der Waals surface area (Å²) in [5, 5.41) is 10.3. The predicted octanol–water partition coefficient (Wildman–Crippen LogP) is 5.69. The van der Waals surface area contributed by atoms with Gasteiger partial charge in [0.2, 0.25) is 5.91 Å². The Kier molecular flexibility index (Phi) is 9.28. The summed E-state index contributed by atoms with van der Waals surface area (Å²) in [6.07, 6.45) is 2.47. The van der Waals surface area contributed by atoms with E-state index in [1.165, 1.54) is 30.6 Å². The number of carbonyl (C=O) groups excluding carboxylic acids is 1. The van der Waals surface area contributed by atoms with Crippen LogP contribution in [0.25, 0.3) is 16.9 Å². The van der Waals surface area contributed by atoms with Gasteiger partial charge in [-0.25, -0.2) is 9.67 Å². The molecule has 4 aromatic rings. The van der Waals surface area contributed by atoms with Crippen molar-refractivity contribution in [2.24, 2.45) is 10.9 Å². The monoisotopic (exact) mass is 625 g/mol. The second kappa shape index (κ2) is 13.1. The molecule has 9 nitrogen and oxygen atoms in total. The molecule has 44 heavy (non-hydrogen) atoms. The second-order valence-corrected chi connectivity index (χ2v) is 11.3. The number of hydrogen-bond acceptors (Lipinski definition) is 6. The van der Waals surface area contributed by atoms with Crippen LogP contribution in [0.4, 0.5) is 13.2 Å². The molecule has 0 saturated carbocycles. The number of nitrogens with one attached hydrogen (secondary N) is 1. The van der Waals surface area contributed by atoms with Gasteiger partial charge in [0.1, 0.15) is 0 Å². The number of nitrogens with zero attached hydrogens (tertiary/aromatic N) is 6. The third kappa shape index (κ3) is 7.07. The van der Waals surface area contributed by atoms with Crippen molar-refractivity contribution in [2.45, 2.75) is 57.3 Å². The fraction of sp³-hybridized carbons (Fsp3) is 0.355. The van der Waals surface area contributed by atoms with Crippen LogP contribution in [-0.2, 0) is 17.4 Å². The van der Waals surface area contributed by atoms with E-state index in [1.807, 2.05) is 25.1 Å². The van der Waals surface area contributed by atoms with E-state index >= 15 is 0 Å². The molecular formula is C31H31ClF3N7O2. The van der Waals surface area contributed by atoms with Gasteiger partial charge in [-0.2, -0.15) is 13.2 Å². The highest BCUT2D eigenvalue weighted by atomic mass is 35.5. The highest BCUT2D eigenvalue weighted by molar-refractivity contribution is 6.31. The van der Waals surface area contributed by atoms with Crippen LogP contribution in [0.15, 0.2) is 70.8 Å². The van der Waals surface area contributed by atoms with Crippen LogP contribution < -0.4 is 10.9 Å². The molecule has 5 rings (SSSR count). The minimum Gasteiger partial charge on any atom is -0.352 e. The molecule has 230 valence electrons. The Morgan fingerprint density at radius 2 is 1.95 bits per heavy atom. The largest absolute Gasteiger partial charge is 0.436 e. The fourth-order valence-corrected chi connectivity index (χ4v) is 5.58.